The molecule has 4 rings (SSSR count). The first-order chi connectivity index (χ1) is 12.9. The number of hydrogen-bond acceptors (Lipinski definition) is 5. The molecule has 2 aliphatic rings. The molecule has 2 aromatic rings. The lowest BCUT2D eigenvalue weighted by atomic mass is 10.1. The quantitative estimate of drug-likeness (QED) is 0.812. The van der Waals surface area contributed by atoms with Crippen LogP contribution in [-0.2, 0) is 16.3 Å². The average Bonchev–Trinajstić information content (AvgIpc) is 3.18. The van der Waals surface area contributed by atoms with Crippen molar-refractivity contribution in [3.8, 4) is 0 Å². The lowest BCUT2D eigenvalue weighted by Crippen LogP contribution is -2.38. The van der Waals surface area contributed by atoms with E-state index in [0.717, 1.165) is 17.8 Å². The molecule has 1 saturated heterocycles. The molecule has 0 saturated carbocycles. The van der Waals surface area contributed by atoms with Gasteiger partial charge in [-0.2, -0.15) is 0 Å². The number of aromatic nitrogens is 1. The van der Waals surface area contributed by atoms with E-state index >= 15 is 0 Å². The summed E-state index contributed by atoms with van der Waals surface area (Å²) in [5, 5.41) is 0. The number of amides is 1. The minimum absolute atomic E-state index is 0.0332. The third-order valence-electron chi connectivity index (χ3n) is 5.52. The van der Waals surface area contributed by atoms with Gasteiger partial charge in [0.15, 0.2) is 9.84 Å². The molecular formula is C20H23N3O3S. The lowest BCUT2D eigenvalue weighted by Gasteiger charge is -2.26. The van der Waals surface area contributed by atoms with Gasteiger partial charge in [0.25, 0.3) is 5.91 Å². The van der Waals surface area contributed by atoms with E-state index in [4.69, 9.17) is 0 Å². The van der Waals surface area contributed by atoms with E-state index in [9.17, 15) is 13.2 Å². The summed E-state index contributed by atoms with van der Waals surface area (Å²) in [6, 6.07) is 12.0. The second-order valence-corrected chi connectivity index (χ2v) is 9.65. The highest BCUT2D eigenvalue weighted by Gasteiger charge is 2.34. The summed E-state index contributed by atoms with van der Waals surface area (Å²) < 4.78 is 23.5. The van der Waals surface area contributed by atoms with Gasteiger partial charge in [0.05, 0.1) is 11.5 Å². The number of para-hydroxylation sites is 1. The van der Waals surface area contributed by atoms with Gasteiger partial charge in [-0.15, -0.1) is 0 Å². The molecule has 1 aromatic carbocycles. The number of hydrogen-bond donors (Lipinski definition) is 0. The van der Waals surface area contributed by atoms with Crippen LogP contribution in [0.1, 0.15) is 29.4 Å². The first-order valence-corrected chi connectivity index (χ1v) is 11.0. The molecule has 0 bridgehead atoms. The molecule has 2 atom stereocenters. The summed E-state index contributed by atoms with van der Waals surface area (Å²) in [6.07, 6.45) is 3.10. The lowest BCUT2D eigenvalue weighted by molar-refractivity contribution is 0.0742. The molecule has 1 aromatic heterocycles. The highest BCUT2D eigenvalue weighted by Crippen LogP contribution is 2.38. The van der Waals surface area contributed by atoms with Gasteiger partial charge < -0.3 is 9.80 Å². The third kappa shape index (κ3) is 3.32. The van der Waals surface area contributed by atoms with Crippen LogP contribution in [-0.4, -0.2) is 54.8 Å². The summed E-state index contributed by atoms with van der Waals surface area (Å²) in [7, 11) is -1.38. The Labute approximate surface area is 159 Å². The van der Waals surface area contributed by atoms with Gasteiger partial charge in [-0.1, -0.05) is 18.2 Å². The molecule has 3 heterocycles. The number of benzene rings is 1. The zero-order valence-corrected chi connectivity index (χ0v) is 16.3. The van der Waals surface area contributed by atoms with E-state index in [2.05, 4.69) is 28.9 Å². The summed E-state index contributed by atoms with van der Waals surface area (Å²) >= 11 is 0. The second-order valence-electron chi connectivity index (χ2n) is 7.42. The monoisotopic (exact) mass is 385 g/mol. The van der Waals surface area contributed by atoms with Crippen LogP contribution in [0.2, 0.25) is 0 Å². The van der Waals surface area contributed by atoms with Crippen molar-refractivity contribution in [3.63, 3.8) is 0 Å². The zero-order valence-electron chi connectivity index (χ0n) is 15.5. The van der Waals surface area contributed by atoms with Crippen LogP contribution < -0.4 is 4.90 Å². The van der Waals surface area contributed by atoms with Crippen molar-refractivity contribution >= 4 is 27.1 Å². The van der Waals surface area contributed by atoms with Crippen molar-refractivity contribution in [3.05, 3.63) is 53.9 Å². The average molecular weight is 385 g/mol. The fourth-order valence-corrected chi connectivity index (χ4v) is 5.85. The molecule has 2 aliphatic heterocycles. The molecule has 2 unspecified atom stereocenters. The van der Waals surface area contributed by atoms with Gasteiger partial charge in [-0.3, -0.25) is 9.78 Å². The molecule has 1 fully saturated rings. The highest BCUT2D eigenvalue weighted by molar-refractivity contribution is 7.91. The molecule has 0 N–H and O–H groups in total. The van der Waals surface area contributed by atoms with E-state index in [-0.39, 0.29) is 23.5 Å². The minimum Gasteiger partial charge on any atom is -0.338 e. The van der Waals surface area contributed by atoms with Crippen LogP contribution in [0.15, 0.2) is 42.6 Å². The van der Waals surface area contributed by atoms with E-state index < -0.39 is 9.84 Å². The minimum atomic E-state index is -3.04. The molecule has 142 valence electrons. The normalized spacial score (nSPS) is 23.3. The molecule has 0 aliphatic carbocycles. The molecular weight excluding hydrogens is 362 g/mol. The number of fused-ring (bicyclic) bond motifs is 1. The van der Waals surface area contributed by atoms with Crippen molar-refractivity contribution in [1.82, 2.24) is 9.88 Å². The summed E-state index contributed by atoms with van der Waals surface area (Å²) in [4.78, 5) is 20.9. The predicted octanol–water partition coefficient (Wildman–Crippen LogP) is 2.42. The van der Waals surface area contributed by atoms with E-state index in [0.29, 0.717) is 18.2 Å². The SMILES string of the molecule is CC1Cc2ccccc2N1c1ccnc(C(=O)N(C)C2CCS(=O)(=O)C2)c1. The highest BCUT2D eigenvalue weighted by atomic mass is 32.2. The Bertz CT molecular complexity index is 989. The predicted molar refractivity (Wildman–Crippen MR) is 105 cm³/mol. The van der Waals surface area contributed by atoms with Crippen molar-refractivity contribution < 1.29 is 13.2 Å². The zero-order chi connectivity index (χ0) is 19.2. The second kappa shape index (κ2) is 6.64. The Balaban J connectivity index is 1.61. The van der Waals surface area contributed by atoms with Crippen molar-refractivity contribution in [2.75, 3.05) is 23.5 Å². The number of anilines is 2. The van der Waals surface area contributed by atoms with Crippen LogP contribution in [0.4, 0.5) is 11.4 Å². The molecule has 0 spiro atoms. The Morgan fingerprint density at radius 2 is 2.04 bits per heavy atom. The smallest absolute Gasteiger partial charge is 0.272 e. The largest absolute Gasteiger partial charge is 0.338 e. The van der Waals surface area contributed by atoms with Crippen LogP contribution in [0, 0.1) is 0 Å². The van der Waals surface area contributed by atoms with Crippen molar-refractivity contribution in [2.45, 2.75) is 31.8 Å². The number of rotatable bonds is 3. The van der Waals surface area contributed by atoms with Gasteiger partial charge in [-0.05, 0) is 43.5 Å². The molecule has 6 nitrogen and oxygen atoms in total. The topological polar surface area (TPSA) is 70.6 Å². The van der Waals surface area contributed by atoms with E-state index in [1.807, 2.05) is 18.2 Å². The Morgan fingerprint density at radius 1 is 1.26 bits per heavy atom. The number of nitrogens with zero attached hydrogens (tertiary/aromatic N) is 3. The summed E-state index contributed by atoms with van der Waals surface area (Å²) in [5.41, 5.74) is 3.72. The maximum atomic E-state index is 12.9. The number of pyridine rings is 1. The summed E-state index contributed by atoms with van der Waals surface area (Å²) in [5.74, 6) is -0.0601. The standard InChI is InChI=1S/C20H23N3O3S/c1-14-11-15-5-3-4-6-19(15)23(14)16-7-9-21-18(12-16)20(24)22(2)17-8-10-27(25,26)13-17/h3-7,9,12,14,17H,8,10-11,13H2,1-2H3. The van der Waals surface area contributed by atoms with Crippen molar-refractivity contribution in [1.29, 1.82) is 0 Å². The van der Waals surface area contributed by atoms with E-state index in [1.54, 1.807) is 19.3 Å². The number of sulfone groups is 1. The Morgan fingerprint density at radius 3 is 2.78 bits per heavy atom. The fraction of sp³-hybridized carbons (Fsp3) is 0.400. The fourth-order valence-electron chi connectivity index (χ4n) is 4.07. The molecule has 7 heteroatoms. The van der Waals surface area contributed by atoms with Gasteiger partial charge in [0.2, 0.25) is 0 Å². The van der Waals surface area contributed by atoms with Crippen LogP contribution >= 0.6 is 0 Å². The first kappa shape index (κ1) is 18.0. The van der Waals surface area contributed by atoms with Gasteiger partial charge in [0, 0.05) is 36.7 Å². The van der Waals surface area contributed by atoms with Crippen molar-refractivity contribution in [2.24, 2.45) is 0 Å². The Hall–Kier alpha value is -2.41. The summed E-state index contributed by atoms with van der Waals surface area (Å²) in [6.45, 7) is 2.16. The maximum absolute atomic E-state index is 12.9. The molecule has 1 amide bonds. The van der Waals surface area contributed by atoms with Gasteiger partial charge in [-0.25, -0.2) is 8.42 Å². The van der Waals surface area contributed by atoms with Crippen LogP contribution in [0.3, 0.4) is 0 Å². The molecule has 27 heavy (non-hydrogen) atoms. The third-order valence-corrected chi connectivity index (χ3v) is 7.27. The Kier molecular flexibility index (Phi) is 4.42. The maximum Gasteiger partial charge on any atom is 0.272 e. The van der Waals surface area contributed by atoms with Crippen LogP contribution in [0.5, 0.6) is 0 Å². The van der Waals surface area contributed by atoms with E-state index in [1.165, 1.54) is 10.5 Å². The first-order valence-electron chi connectivity index (χ1n) is 9.16. The van der Waals surface area contributed by atoms with Gasteiger partial charge in [0.1, 0.15) is 5.69 Å². The van der Waals surface area contributed by atoms with Crippen LogP contribution in [0.25, 0.3) is 0 Å². The van der Waals surface area contributed by atoms with Gasteiger partial charge >= 0.3 is 0 Å². The number of carbonyl (C=O) groups excluding carboxylic acids is 1. The number of carbonyl (C=O) groups is 1. The molecule has 0 radical (unpaired) electrons.